The third-order valence-electron chi connectivity index (χ3n) is 4.48. The van der Waals surface area contributed by atoms with Gasteiger partial charge < -0.3 is 10.0 Å². The van der Waals surface area contributed by atoms with Gasteiger partial charge in [-0.3, -0.25) is 9.59 Å². The van der Waals surface area contributed by atoms with E-state index in [2.05, 4.69) is 0 Å². The highest BCUT2D eigenvalue weighted by Gasteiger charge is 2.71. The molecule has 1 aliphatic rings. The summed E-state index contributed by atoms with van der Waals surface area (Å²) in [5, 5.41) is 9.51. The normalized spacial score (nSPS) is 15.5. The van der Waals surface area contributed by atoms with Crippen molar-refractivity contribution in [2.24, 2.45) is 0 Å². The minimum Gasteiger partial charge on any atom is -0.369 e. The monoisotopic (exact) mass is 397 g/mol. The van der Waals surface area contributed by atoms with Gasteiger partial charge >= 0.3 is 12.4 Å². The Morgan fingerprint density at radius 3 is 2.22 bits per heavy atom. The molecule has 2 rings (SSSR count). The van der Waals surface area contributed by atoms with Gasteiger partial charge in [0.15, 0.2) is 0 Å². The molecule has 1 aliphatic heterocycles. The molecule has 150 valence electrons. The molecule has 0 atom stereocenters. The van der Waals surface area contributed by atoms with Gasteiger partial charge in [0.1, 0.15) is 5.78 Å². The molecule has 0 fully saturated rings. The summed E-state index contributed by atoms with van der Waals surface area (Å²) in [7, 11) is 0. The van der Waals surface area contributed by atoms with Crippen LogP contribution in [-0.4, -0.2) is 35.7 Å². The number of amides is 1. The van der Waals surface area contributed by atoms with Crippen LogP contribution in [0.2, 0.25) is 0 Å². The minimum absolute atomic E-state index is 0.0722. The van der Waals surface area contributed by atoms with Crippen molar-refractivity contribution >= 4 is 17.4 Å². The van der Waals surface area contributed by atoms with Crippen molar-refractivity contribution in [3.05, 3.63) is 29.3 Å². The van der Waals surface area contributed by atoms with Crippen molar-refractivity contribution in [1.82, 2.24) is 0 Å². The predicted molar refractivity (Wildman–Crippen MR) is 83.0 cm³/mol. The van der Waals surface area contributed by atoms with E-state index in [1.54, 1.807) is 6.92 Å². The van der Waals surface area contributed by atoms with E-state index in [1.165, 1.54) is 4.90 Å². The van der Waals surface area contributed by atoms with Gasteiger partial charge in [-0.25, -0.2) is 0 Å². The number of anilines is 1. The van der Waals surface area contributed by atoms with Crippen LogP contribution in [0, 0.1) is 0 Å². The Morgan fingerprint density at radius 1 is 1.11 bits per heavy atom. The van der Waals surface area contributed by atoms with Crippen LogP contribution < -0.4 is 4.90 Å². The van der Waals surface area contributed by atoms with Gasteiger partial charge in [0, 0.05) is 24.2 Å². The molecule has 0 aromatic heterocycles. The van der Waals surface area contributed by atoms with Crippen LogP contribution >= 0.6 is 0 Å². The van der Waals surface area contributed by atoms with Crippen LogP contribution in [0.25, 0.3) is 0 Å². The molecular weight excluding hydrogens is 380 g/mol. The van der Waals surface area contributed by atoms with Gasteiger partial charge in [0.05, 0.1) is 6.42 Å². The summed E-state index contributed by atoms with van der Waals surface area (Å²) in [5.74, 6) is -0.898. The second-order valence-corrected chi connectivity index (χ2v) is 6.27. The molecule has 0 radical (unpaired) electrons. The molecule has 0 unspecified atom stereocenters. The maximum atomic E-state index is 13.0. The van der Waals surface area contributed by atoms with Crippen LogP contribution in [0.4, 0.5) is 32.0 Å². The van der Waals surface area contributed by atoms with Crippen molar-refractivity contribution in [2.45, 2.75) is 50.6 Å². The maximum Gasteiger partial charge on any atom is 0.430 e. The summed E-state index contributed by atoms with van der Waals surface area (Å²) in [6, 6.07) is 2.07. The lowest BCUT2D eigenvalue weighted by Crippen LogP contribution is -2.54. The molecule has 27 heavy (non-hydrogen) atoms. The topological polar surface area (TPSA) is 57.6 Å². The zero-order chi connectivity index (χ0) is 20.6. The van der Waals surface area contributed by atoms with Gasteiger partial charge in [-0.05, 0) is 24.5 Å². The quantitative estimate of drug-likeness (QED) is 0.623. The number of ketones is 1. The third kappa shape index (κ3) is 3.80. The van der Waals surface area contributed by atoms with Gasteiger partial charge in [0.25, 0.3) is 5.60 Å². The van der Waals surface area contributed by atoms with Crippen LogP contribution in [-0.2, 0) is 21.6 Å². The Balaban J connectivity index is 2.47. The average molecular weight is 397 g/mol. The molecule has 1 heterocycles. The van der Waals surface area contributed by atoms with E-state index < -0.39 is 35.8 Å². The van der Waals surface area contributed by atoms with Crippen molar-refractivity contribution < 1.29 is 41.0 Å². The number of hydrogen-bond acceptors (Lipinski definition) is 3. The van der Waals surface area contributed by atoms with Crippen LogP contribution in [0.5, 0.6) is 0 Å². The molecule has 0 saturated carbocycles. The number of carbonyl (C=O) groups is 2. The van der Waals surface area contributed by atoms with Crippen molar-refractivity contribution in [1.29, 1.82) is 0 Å². The van der Waals surface area contributed by atoms with Crippen molar-refractivity contribution in [3.63, 3.8) is 0 Å². The van der Waals surface area contributed by atoms with E-state index in [4.69, 9.17) is 0 Å². The second kappa shape index (κ2) is 7.14. The first-order chi connectivity index (χ1) is 12.3. The predicted octanol–water partition coefficient (Wildman–Crippen LogP) is 3.65. The number of nitrogens with zero attached hydrogens (tertiary/aromatic N) is 1. The first kappa shape index (κ1) is 21.2. The summed E-state index contributed by atoms with van der Waals surface area (Å²) in [6.07, 6.45) is -11.8. The lowest BCUT2D eigenvalue weighted by molar-refractivity contribution is -0.376. The van der Waals surface area contributed by atoms with E-state index >= 15 is 0 Å². The Morgan fingerprint density at radius 2 is 1.70 bits per heavy atom. The number of Topliss-reactive ketones (excluding diaryl/α,β-unsaturated/α-hetero) is 1. The maximum absolute atomic E-state index is 13.0. The fraction of sp³-hybridized carbons (Fsp3) is 0.529. The minimum atomic E-state index is -5.97. The van der Waals surface area contributed by atoms with Gasteiger partial charge in [-0.2, -0.15) is 26.3 Å². The molecule has 4 nitrogen and oxygen atoms in total. The lowest BCUT2D eigenvalue weighted by atomic mass is 9.88. The van der Waals surface area contributed by atoms with Crippen LogP contribution in [0.1, 0.15) is 37.3 Å². The van der Waals surface area contributed by atoms with E-state index in [0.717, 1.165) is 6.07 Å². The molecule has 1 aromatic rings. The summed E-state index contributed by atoms with van der Waals surface area (Å²) in [6.45, 7) is 1.77. The highest BCUT2D eigenvalue weighted by molar-refractivity contribution is 6.06. The van der Waals surface area contributed by atoms with Gasteiger partial charge in [0.2, 0.25) is 5.91 Å². The molecule has 0 bridgehead atoms. The van der Waals surface area contributed by atoms with Crippen LogP contribution in [0.15, 0.2) is 18.2 Å². The molecule has 1 aromatic carbocycles. The molecule has 10 heteroatoms. The van der Waals surface area contributed by atoms with E-state index in [1.807, 2.05) is 0 Å². The van der Waals surface area contributed by atoms with E-state index in [0.29, 0.717) is 18.6 Å². The Kier molecular flexibility index (Phi) is 5.61. The zero-order valence-electron chi connectivity index (χ0n) is 14.2. The number of carbonyl (C=O) groups excluding carboxylic acids is 2. The molecule has 0 spiro atoms. The molecule has 1 N–H and O–H groups in total. The lowest BCUT2D eigenvalue weighted by Gasteiger charge is -2.35. The first-order valence-electron chi connectivity index (χ1n) is 8.14. The van der Waals surface area contributed by atoms with Crippen LogP contribution in [0.3, 0.4) is 0 Å². The largest absolute Gasteiger partial charge is 0.430 e. The molecule has 0 aliphatic carbocycles. The fourth-order valence-electron chi connectivity index (χ4n) is 2.96. The molecular formula is C17H17F6NO3. The number of hydrogen-bond donors (Lipinski definition) is 1. The number of alkyl halides is 6. The smallest absolute Gasteiger partial charge is 0.369 e. The first-order valence-corrected chi connectivity index (χ1v) is 8.14. The Bertz CT molecular complexity index is 727. The molecule has 0 saturated heterocycles. The summed E-state index contributed by atoms with van der Waals surface area (Å²) in [5.41, 5.74) is -6.16. The number of fused-ring (bicyclic) bond motifs is 1. The van der Waals surface area contributed by atoms with Crippen molar-refractivity contribution in [2.75, 3.05) is 11.4 Å². The van der Waals surface area contributed by atoms with E-state index in [9.17, 15) is 41.0 Å². The highest BCUT2D eigenvalue weighted by Crippen LogP contribution is 2.50. The van der Waals surface area contributed by atoms with Crippen molar-refractivity contribution in [3.8, 4) is 0 Å². The standard InChI is InChI=1S/C17H17F6NO3/c1-2-12(25)9-14(26)24-7-3-4-10-8-11(5-6-13(10)24)15(27,16(18,19)20)17(21,22)23/h5-6,8,27H,2-4,7,9H2,1H3. The molecule has 1 amide bonds. The fourth-order valence-corrected chi connectivity index (χ4v) is 2.96. The number of halogens is 6. The number of benzene rings is 1. The summed E-state index contributed by atoms with van der Waals surface area (Å²) in [4.78, 5) is 24.9. The van der Waals surface area contributed by atoms with E-state index in [-0.39, 0.29) is 36.4 Å². The number of rotatable bonds is 4. The second-order valence-electron chi connectivity index (χ2n) is 6.27. The SMILES string of the molecule is CCC(=O)CC(=O)N1CCCc2cc(C(O)(C(F)(F)F)C(F)(F)F)ccc21. The third-order valence-corrected chi connectivity index (χ3v) is 4.48. The Hall–Kier alpha value is -2.10. The number of aryl methyl sites for hydroxylation is 1. The van der Waals surface area contributed by atoms with Gasteiger partial charge in [-0.1, -0.05) is 19.1 Å². The zero-order valence-corrected chi connectivity index (χ0v) is 14.2. The Labute approximate surface area is 150 Å². The average Bonchev–Trinajstić information content (AvgIpc) is 2.57. The van der Waals surface area contributed by atoms with Gasteiger partial charge in [-0.15, -0.1) is 0 Å². The summed E-state index contributed by atoms with van der Waals surface area (Å²) < 4.78 is 78.2. The summed E-state index contributed by atoms with van der Waals surface area (Å²) >= 11 is 0. The highest BCUT2D eigenvalue weighted by atomic mass is 19.4. The number of aliphatic hydroxyl groups is 1.